The van der Waals surface area contributed by atoms with Crippen LogP contribution in [0.4, 0.5) is 4.79 Å². The smallest absolute Gasteiger partial charge is 0.318 e. The molecule has 1 aromatic carbocycles. The second kappa shape index (κ2) is 5.89. The maximum atomic E-state index is 11.3. The van der Waals surface area contributed by atoms with Gasteiger partial charge in [0.1, 0.15) is 5.75 Å². The zero-order valence-corrected chi connectivity index (χ0v) is 11.4. The Labute approximate surface area is 114 Å². The molecule has 19 heavy (non-hydrogen) atoms. The van der Waals surface area contributed by atoms with Crippen molar-refractivity contribution in [1.82, 2.24) is 5.32 Å². The number of ether oxygens (including phenoxy) is 1. The normalized spacial score (nSPS) is 12.5. The number of imide groups is 1. The van der Waals surface area contributed by atoms with Crippen molar-refractivity contribution in [3.8, 4) is 5.75 Å². The molecular weight excluding hydrogens is 296 g/mol. The molecule has 0 heterocycles. The first kappa shape index (κ1) is 15.3. The third-order valence-corrected chi connectivity index (χ3v) is 3.40. The van der Waals surface area contributed by atoms with Crippen LogP contribution >= 0.6 is 10.7 Å². The average Bonchev–Trinajstić information content (AvgIpc) is 2.27. The number of hydrogen-bond donors (Lipinski definition) is 2. The summed E-state index contributed by atoms with van der Waals surface area (Å²) in [6.45, 7) is 1.41. The largest absolute Gasteiger partial charge is 0.481 e. The summed E-state index contributed by atoms with van der Waals surface area (Å²) < 4.78 is 27.2. The van der Waals surface area contributed by atoms with E-state index in [1.54, 1.807) is 0 Å². The predicted octanol–water partition coefficient (Wildman–Crippen LogP) is 0.576. The zero-order valence-electron chi connectivity index (χ0n) is 9.79. The van der Waals surface area contributed by atoms with Gasteiger partial charge in [-0.2, -0.15) is 0 Å². The van der Waals surface area contributed by atoms with Crippen molar-refractivity contribution in [2.75, 3.05) is 0 Å². The number of carbonyl (C=O) groups excluding carboxylic acids is 2. The van der Waals surface area contributed by atoms with Crippen LogP contribution in [0.5, 0.6) is 5.75 Å². The molecule has 9 heteroatoms. The molecule has 0 saturated heterocycles. The van der Waals surface area contributed by atoms with Crippen LogP contribution in [0.25, 0.3) is 0 Å². The maximum Gasteiger partial charge on any atom is 0.318 e. The lowest BCUT2D eigenvalue weighted by Crippen LogP contribution is -2.42. The van der Waals surface area contributed by atoms with E-state index in [0.717, 1.165) is 0 Å². The number of benzene rings is 1. The Bertz CT molecular complexity index is 584. The van der Waals surface area contributed by atoms with Crippen LogP contribution in [-0.2, 0) is 13.8 Å². The summed E-state index contributed by atoms with van der Waals surface area (Å²) >= 11 is 0. The second-order valence-electron chi connectivity index (χ2n) is 3.52. The molecule has 0 saturated carbocycles. The Morgan fingerprint density at radius 1 is 1.32 bits per heavy atom. The number of nitrogens with two attached hydrogens (primary N) is 1. The Morgan fingerprint density at radius 2 is 1.84 bits per heavy atom. The van der Waals surface area contributed by atoms with Gasteiger partial charge in [0.2, 0.25) is 0 Å². The molecule has 0 radical (unpaired) electrons. The van der Waals surface area contributed by atoms with Gasteiger partial charge in [-0.05, 0) is 31.2 Å². The Hall–Kier alpha value is -1.80. The van der Waals surface area contributed by atoms with E-state index in [1.807, 2.05) is 5.32 Å². The van der Waals surface area contributed by atoms with Gasteiger partial charge in [0.25, 0.3) is 15.0 Å². The zero-order chi connectivity index (χ0) is 14.6. The molecule has 3 amide bonds. The molecule has 1 rings (SSSR count). The number of amides is 3. The van der Waals surface area contributed by atoms with E-state index >= 15 is 0 Å². The highest BCUT2D eigenvalue weighted by atomic mass is 35.7. The van der Waals surface area contributed by atoms with Crippen LogP contribution in [0, 0.1) is 0 Å². The second-order valence-corrected chi connectivity index (χ2v) is 6.09. The van der Waals surface area contributed by atoms with Crippen molar-refractivity contribution >= 4 is 31.7 Å². The Balaban J connectivity index is 2.73. The summed E-state index contributed by atoms with van der Waals surface area (Å²) in [6, 6.07) is 4.16. The number of nitrogens with one attached hydrogen (secondary N) is 1. The molecule has 0 aliphatic rings. The summed E-state index contributed by atoms with van der Waals surface area (Å²) in [5, 5.41) is 1.86. The molecule has 1 atom stereocenters. The first-order valence-corrected chi connectivity index (χ1v) is 7.33. The van der Waals surface area contributed by atoms with E-state index < -0.39 is 27.1 Å². The first-order chi connectivity index (χ1) is 8.70. The molecule has 1 unspecified atom stereocenters. The fourth-order valence-corrected chi connectivity index (χ4v) is 1.93. The van der Waals surface area contributed by atoms with E-state index in [1.165, 1.54) is 31.2 Å². The van der Waals surface area contributed by atoms with Crippen LogP contribution in [0.1, 0.15) is 6.92 Å². The van der Waals surface area contributed by atoms with E-state index in [9.17, 15) is 18.0 Å². The van der Waals surface area contributed by atoms with Crippen molar-refractivity contribution in [2.45, 2.75) is 17.9 Å². The summed E-state index contributed by atoms with van der Waals surface area (Å²) in [5.74, 6) is -0.460. The van der Waals surface area contributed by atoms with E-state index in [-0.39, 0.29) is 10.6 Å². The van der Waals surface area contributed by atoms with Crippen molar-refractivity contribution in [3.63, 3.8) is 0 Å². The summed E-state index contributed by atoms with van der Waals surface area (Å²) in [6.07, 6.45) is -0.967. The molecule has 0 aromatic heterocycles. The Kier molecular flexibility index (Phi) is 4.73. The molecule has 0 spiro atoms. The van der Waals surface area contributed by atoms with Gasteiger partial charge in [-0.1, -0.05) is 0 Å². The van der Waals surface area contributed by atoms with Gasteiger partial charge >= 0.3 is 6.03 Å². The highest BCUT2D eigenvalue weighted by molar-refractivity contribution is 8.13. The number of primary amides is 1. The van der Waals surface area contributed by atoms with Crippen LogP contribution in [0.15, 0.2) is 29.2 Å². The lowest BCUT2D eigenvalue weighted by atomic mass is 10.3. The van der Waals surface area contributed by atoms with Crippen LogP contribution in [-0.4, -0.2) is 26.5 Å². The quantitative estimate of drug-likeness (QED) is 0.789. The number of urea groups is 1. The molecule has 1 aromatic rings. The number of carbonyl (C=O) groups is 2. The van der Waals surface area contributed by atoms with Gasteiger partial charge in [0, 0.05) is 10.7 Å². The summed E-state index contributed by atoms with van der Waals surface area (Å²) in [7, 11) is 1.34. The molecular formula is C10H11ClN2O5S. The third kappa shape index (κ3) is 4.76. The van der Waals surface area contributed by atoms with Crippen LogP contribution in [0.3, 0.4) is 0 Å². The Morgan fingerprint density at radius 3 is 2.26 bits per heavy atom. The van der Waals surface area contributed by atoms with Gasteiger partial charge < -0.3 is 10.5 Å². The number of halogens is 1. The third-order valence-electron chi connectivity index (χ3n) is 2.03. The van der Waals surface area contributed by atoms with Crippen molar-refractivity contribution in [3.05, 3.63) is 24.3 Å². The summed E-state index contributed by atoms with van der Waals surface area (Å²) in [4.78, 5) is 21.7. The fraction of sp³-hybridized carbons (Fsp3) is 0.200. The molecule has 0 bridgehead atoms. The minimum absolute atomic E-state index is 0.0873. The average molecular weight is 307 g/mol. The van der Waals surface area contributed by atoms with E-state index in [0.29, 0.717) is 0 Å². The minimum Gasteiger partial charge on any atom is -0.481 e. The summed E-state index contributed by atoms with van der Waals surface area (Å²) in [5.41, 5.74) is 4.78. The number of rotatable bonds is 4. The first-order valence-electron chi connectivity index (χ1n) is 5.02. The lowest BCUT2D eigenvalue weighted by molar-refractivity contribution is -0.126. The van der Waals surface area contributed by atoms with Crippen LogP contribution < -0.4 is 15.8 Å². The SMILES string of the molecule is CC(Oc1ccc(S(=O)(=O)Cl)cc1)C(=O)NC(N)=O. The van der Waals surface area contributed by atoms with Gasteiger partial charge in [-0.25, -0.2) is 13.2 Å². The van der Waals surface area contributed by atoms with Gasteiger partial charge in [0.05, 0.1) is 4.90 Å². The van der Waals surface area contributed by atoms with Gasteiger partial charge in [0.15, 0.2) is 6.10 Å². The lowest BCUT2D eigenvalue weighted by Gasteiger charge is -2.13. The van der Waals surface area contributed by atoms with Crippen molar-refractivity contribution < 1.29 is 22.7 Å². The standard InChI is InChI=1S/C10H11ClN2O5S/c1-6(9(14)13-10(12)15)18-7-2-4-8(5-3-7)19(11,16)17/h2-6H,1H3,(H3,12,13,14,15). The molecule has 7 nitrogen and oxygen atoms in total. The van der Waals surface area contributed by atoms with Gasteiger partial charge in [-0.3, -0.25) is 10.1 Å². The fourth-order valence-electron chi connectivity index (χ4n) is 1.16. The molecule has 3 N–H and O–H groups in total. The van der Waals surface area contributed by atoms with Crippen LogP contribution in [0.2, 0.25) is 0 Å². The molecule has 0 aliphatic carbocycles. The molecule has 0 aliphatic heterocycles. The highest BCUT2D eigenvalue weighted by Gasteiger charge is 2.16. The minimum atomic E-state index is -3.80. The topological polar surface area (TPSA) is 116 Å². The number of hydrogen-bond acceptors (Lipinski definition) is 5. The van der Waals surface area contributed by atoms with E-state index in [4.69, 9.17) is 21.2 Å². The monoisotopic (exact) mass is 306 g/mol. The highest BCUT2D eigenvalue weighted by Crippen LogP contribution is 2.19. The molecule has 0 fully saturated rings. The van der Waals surface area contributed by atoms with E-state index in [2.05, 4.69) is 0 Å². The predicted molar refractivity (Wildman–Crippen MR) is 67.3 cm³/mol. The van der Waals surface area contributed by atoms with Crippen molar-refractivity contribution in [2.24, 2.45) is 5.73 Å². The molecule has 104 valence electrons. The van der Waals surface area contributed by atoms with Gasteiger partial charge in [-0.15, -0.1) is 0 Å². The van der Waals surface area contributed by atoms with Crippen molar-refractivity contribution in [1.29, 1.82) is 0 Å². The maximum absolute atomic E-state index is 11.3.